The fourth-order valence-electron chi connectivity index (χ4n) is 5.29. The summed E-state index contributed by atoms with van der Waals surface area (Å²) in [7, 11) is 0. The third-order valence-electron chi connectivity index (χ3n) is 7.82. The lowest BCUT2D eigenvalue weighted by Crippen LogP contribution is -2.46. The molecule has 9 heteroatoms. The maximum Gasteiger partial charge on any atom is 0.152 e. The van der Waals surface area contributed by atoms with Crippen LogP contribution < -0.4 is 5.73 Å². The average Bonchev–Trinajstić information content (AvgIpc) is 3.29. The van der Waals surface area contributed by atoms with E-state index in [0.29, 0.717) is 31.1 Å². The number of rotatable bonds is 14. The quantitative estimate of drug-likeness (QED) is 0.294. The topological polar surface area (TPSA) is 113 Å². The molecule has 1 aromatic carbocycles. The number of hydrogen-bond donors (Lipinski definition) is 3. The maximum absolute atomic E-state index is 9.98. The van der Waals surface area contributed by atoms with Gasteiger partial charge in [0.15, 0.2) is 5.82 Å². The van der Waals surface area contributed by atoms with Crippen LogP contribution in [0.15, 0.2) is 18.2 Å². The van der Waals surface area contributed by atoms with Crippen molar-refractivity contribution in [3.05, 3.63) is 29.6 Å². The van der Waals surface area contributed by atoms with E-state index in [0.717, 1.165) is 54.7 Å². The van der Waals surface area contributed by atoms with Gasteiger partial charge < -0.3 is 35.1 Å². The van der Waals surface area contributed by atoms with Gasteiger partial charge in [-0.1, -0.05) is 32.4 Å². The van der Waals surface area contributed by atoms with E-state index in [-0.39, 0.29) is 13.2 Å². The number of imidazole rings is 1. The second kappa shape index (κ2) is 13.2. The van der Waals surface area contributed by atoms with Crippen molar-refractivity contribution in [1.29, 1.82) is 0 Å². The first kappa shape index (κ1) is 28.7. The number of piperazine rings is 1. The Hall–Kier alpha value is -2.30. The molecule has 0 atom stereocenters. The highest BCUT2D eigenvalue weighted by Crippen LogP contribution is 2.32. The number of hydrogen-bond acceptors (Lipinski definition) is 8. The molecule has 4 rings (SSSR count). The van der Waals surface area contributed by atoms with Gasteiger partial charge in [0.05, 0.1) is 24.2 Å². The number of nitrogens with two attached hydrogens (primary N) is 1. The number of benzene rings is 1. The summed E-state index contributed by atoms with van der Waals surface area (Å²) in [6, 6.07) is 6.44. The lowest BCUT2D eigenvalue weighted by atomic mass is 9.92. The lowest BCUT2D eigenvalue weighted by molar-refractivity contribution is 0.0530. The zero-order valence-corrected chi connectivity index (χ0v) is 23.5. The number of nitrogens with zero attached hydrogens (tertiary/aromatic N) is 5. The van der Waals surface area contributed by atoms with Gasteiger partial charge in [0.1, 0.15) is 17.9 Å². The van der Waals surface area contributed by atoms with Gasteiger partial charge in [0.2, 0.25) is 0 Å². The molecule has 1 aliphatic heterocycles. The van der Waals surface area contributed by atoms with Gasteiger partial charge in [-0.3, -0.25) is 0 Å². The average molecular weight is 527 g/mol. The van der Waals surface area contributed by atoms with Crippen LogP contribution in [0.25, 0.3) is 21.9 Å². The molecule has 0 aliphatic carbocycles. The molecule has 0 amide bonds. The molecule has 0 unspecified atom stereocenters. The Kier molecular flexibility index (Phi) is 9.95. The van der Waals surface area contributed by atoms with Gasteiger partial charge in [0, 0.05) is 50.1 Å². The molecule has 1 saturated heterocycles. The van der Waals surface area contributed by atoms with Crippen LogP contribution in [0.5, 0.6) is 0 Å². The molecule has 2 aromatic heterocycles. The third-order valence-corrected chi connectivity index (χ3v) is 7.82. The van der Waals surface area contributed by atoms with E-state index in [4.69, 9.17) is 20.4 Å². The van der Waals surface area contributed by atoms with Gasteiger partial charge in [-0.15, -0.1) is 0 Å². The highest BCUT2D eigenvalue weighted by molar-refractivity contribution is 6.06. The van der Waals surface area contributed by atoms with E-state index in [1.807, 2.05) is 18.4 Å². The second-order valence-electron chi connectivity index (χ2n) is 11.1. The summed E-state index contributed by atoms with van der Waals surface area (Å²) >= 11 is 0. The number of anilines is 1. The van der Waals surface area contributed by atoms with Crippen molar-refractivity contribution in [1.82, 2.24) is 24.3 Å². The van der Waals surface area contributed by atoms with E-state index in [1.165, 1.54) is 38.0 Å². The van der Waals surface area contributed by atoms with Gasteiger partial charge in [0.25, 0.3) is 0 Å². The Labute approximate surface area is 226 Å². The van der Waals surface area contributed by atoms with Crippen LogP contribution in [0.3, 0.4) is 0 Å². The number of ether oxygens (including phenoxy) is 1. The molecule has 210 valence electrons. The standard InChI is InChI=1S/C29H46N6O3/c1-4-6-11-33-13-15-34(16-14-33)12-7-8-22-9-10-23-24(17-22)31-28(30)26-27(23)35(19-29(3,20-36)21-37)25(32-26)18-38-5-2/h9-10,17,36-37H,4-8,11-16,18-21H2,1-3H3,(H2,30,31). The minimum Gasteiger partial charge on any atom is -0.396 e. The van der Waals surface area contributed by atoms with Crippen LogP contribution >= 0.6 is 0 Å². The number of aryl methyl sites for hydroxylation is 1. The molecular formula is C29H46N6O3. The molecule has 0 spiro atoms. The Balaban J connectivity index is 1.53. The second-order valence-corrected chi connectivity index (χ2v) is 11.1. The summed E-state index contributed by atoms with van der Waals surface area (Å²) in [5.41, 5.74) is 9.31. The normalized spacial score (nSPS) is 15.7. The molecular weight excluding hydrogens is 480 g/mol. The van der Waals surface area contributed by atoms with Crippen molar-refractivity contribution < 1.29 is 14.9 Å². The van der Waals surface area contributed by atoms with Gasteiger partial charge in [-0.25, -0.2) is 9.97 Å². The Morgan fingerprint density at radius 2 is 1.68 bits per heavy atom. The van der Waals surface area contributed by atoms with Crippen LogP contribution in [-0.2, 0) is 24.3 Å². The third kappa shape index (κ3) is 6.63. The zero-order chi connectivity index (χ0) is 27.1. The first-order valence-corrected chi connectivity index (χ1v) is 14.2. The van der Waals surface area contributed by atoms with Crippen molar-refractivity contribution in [3.63, 3.8) is 0 Å². The van der Waals surface area contributed by atoms with Gasteiger partial charge in [-0.05, 0) is 50.9 Å². The van der Waals surface area contributed by atoms with E-state index in [1.54, 1.807) is 0 Å². The number of unbranched alkanes of at least 4 members (excludes halogenated alkanes) is 1. The minimum absolute atomic E-state index is 0.145. The van der Waals surface area contributed by atoms with Crippen molar-refractivity contribution >= 4 is 27.8 Å². The fraction of sp³-hybridized carbons (Fsp3) is 0.655. The molecule has 0 bridgehead atoms. The molecule has 38 heavy (non-hydrogen) atoms. The molecule has 1 fully saturated rings. The zero-order valence-electron chi connectivity index (χ0n) is 23.5. The summed E-state index contributed by atoms with van der Waals surface area (Å²) in [6.07, 6.45) is 4.66. The minimum atomic E-state index is -0.708. The number of aliphatic hydroxyl groups excluding tert-OH is 2. The monoisotopic (exact) mass is 526 g/mol. The molecule has 9 nitrogen and oxygen atoms in total. The summed E-state index contributed by atoms with van der Waals surface area (Å²) < 4.78 is 7.72. The number of fused-ring (bicyclic) bond motifs is 3. The predicted molar refractivity (Wildman–Crippen MR) is 153 cm³/mol. The Morgan fingerprint density at radius 1 is 1.00 bits per heavy atom. The molecule has 3 aromatic rings. The van der Waals surface area contributed by atoms with E-state index in [2.05, 4.69) is 34.9 Å². The Bertz CT molecular complexity index is 1180. The predicted octanol–water partition coefficient (Wildman–Crippen LogP) is 3.04. The largest absolute Gasteiger partial charge is 0.396 e. The van der Waals surface area contributed by atoms with Crippen LogP contribution in [0, 0.1) is 5.41 Å². The van der Waals surface area contributed by atoms with Crippen LogP contribution in [0.1, 0.15) is 51.4 Å². The molecule has 3 heterocycles. The SMILES string of the molecule is CCCCN1CCN(CCCc2ccc3c(c2)nc(N)c2nc(COCC)n(CC(C)(CO)CO)c23)CC1. The number of aromatic nitrogens is 3. The summed E-state index contributed by atoms with van der Waals surface area (Å²) in [5.74, 6) is 1.10. The number of aliphatic hydroxyl groups is 2. The highest BCUT2D eigenvalue weighted by Gasteiger charge is 2.27. The van der Waals surface area contributed by atoms with E-state index >= 15 is 0 Å². The van der Waals surface area contributed by atoms with E-state index in [9.17, 15) is 10.2 Å². The number of pyridine rings is 1. The van der Waals surface area contributed by atoms with Crippen LogP contribution in [-0.4, -0.2) is 93.6 Å². The molecule has 4 N–H and O–H groups in total. The first-order valence-electron chi connectivity index (χ1n) is 14.2. The van der Waals surface area contributed by atoms with Crippen molar-refractivity contribution in [2.45, 2.75) is 59.6 Å². The number of nitrogen functional groups attached to an aromatic ring is 1. The Morgan fingerprint density at radius 3 is 2.32 bits per heavy atom. The maximum atomic E-state index is 9.98. The summed E-state index contributed by atoms with van der Waals surface area (Å²) in [4.78, 5) is 14.7. The summed E-state index contributed by atoms with van der Waals surface area (Å²) in [6.45, 7) is 14.1. The van der Waals surface area contributed by atoms with Gasteiger partial charge in [-0.2, -0.15) is 0 Å². The molecule has 1 aliphatic rings. The molecule has 0 saturated carbocycles. The van der Waals surface area contributed by atoms with Gasteiger partial charge >= 0.3 is 0 Å². The van der Waals surface area contributed by atoms with Crippen LogP contribution in [0.4, 0.5) is 5.82 Å². The van der Waals surface area contributed by atoms with Crippen molar-refractivity contribution in [2.75, 3.05) is 64.8 Å². The smallest absolute Gasteiger partial charge is 0.152 e. The van der Waals surface area contributed by atoms with E-state index < -0.39 is 5.41 Å². The van der Waals surface area contributed by atoms with Crippen molar-refractivity contribution in [2.24, 2.45) is 5.41 Å². The van der Waals surface area contributed by atoms with Crippen LogP contribution in [0.2, 0.25) is 0 Å². The molecule has 0 radical (unpaired) electrons. The lowest BCUT2D eigenvalue weighted by Gasteiger charge is -2.34. The summed E-state index contributed by atoms with van der Waals surface area (Å²) in [5, 5.41) is 20.9. The fourth-order valence-corrected chi connectivity index (χ4v) is 5.29. The highest BCUT2D eigenvalue weighted by atomic mass is 16.5. The van der Waals surface area contributed by atoms with Crippen molar-refractivity contribution in [3.8, 4) is 0 Å². The first-order chi connectivity index (χ1) is 18.4.